The highest BCUT2D eigenvalue weighted by Gasteiger charge is 2.06. The van der Waals surface area contributed by atoms with E-state index in [1.807, 2.05) is 43.3 Å². The fourth-order valence-electron chi connectivity index (χ4n) is 1.89. The Balaban J connectivity index is 2.52. The molecule has 0 heterocycles. The summed E-state index contributed by atoms with van der Waals surface area (Å²) in [4.78, 5) is 0. The van der Waals surface area contributed by atoms with Gasteiger partial charge in [-0.1, -0.05) is 30.4 Å². The third-order valence-corrected chi connectivity index (χ3v) is 2.76. The average Bonchev–Trinajstić information content (AvgIpc) is 2.40. The number of ether oxygens (including phenoxy) is 1. The molecule has 0 fully saturated rings. The van der Waals surface area contributed by atoms with Crippen molar-refractivity contribution in [1.82, 2.24) is 0 Å². The third kappa shape index (κ3) is 2.54. The van der Waals surface area contributed by atoms with E-state index in [1.165, 1.54) is 0 Å². The van der Waals surface area contributed by atoms with Gasteiger partial charge in [0.1, 0.15) is 11.5 Å². The first-order valence-electron chi connectivity index (χ1n) is 5.84. The van der Waals surface area contributed by atoms with Crippen molar-refractivity contribution in [2.24, 2.45) is 0 Å². The van der Waals surface area contributed by atoms with E-state index in [4.69, 9.17) is 4.74 Å². The van der Waals surface area contributed by atoms with E-state index in [1.54, 1.807) is 19.2 Å². The zero-order valence-electron chi connectivity index (χ0n) is 10.6. The maximum atomic E-state index is 9.33. The second kappa shape index (κ2) is 5.41. The number of hydrogen-bond acceptors (Lipinski definition) is 2. The Morgan fingerprint density at radius 3 is 2.39 bits per heavy atom. The van der Waals surface area contributed by atoms with E-state index in [0.717, 1.165) is 22.4 Å². The van der Waals surface area contributed by atoms with Gasteiger partial charge in [0.2, 0.25) is 0 Å². The van der Waals surface area contributed by atoms with Crippen LogP contribution in [0.1, 0.15) is 12.5 Å². The molecule has 0 radical (unpaired) electrons. The molecule has 0 atom stereocenters. The summed E-state index contributed by atoms with van der Waals surface area (Å²) in [5.74, 6) is 1.09. The summed E-state index contributed by atoms with van der Waals surface area (Å²) in [6, 6.07) is 13.2. The van der Waals surface area contributed by atoms with Crippen molar-refractivity contribution in [2.45, 2.75) is 6.92 Å². The topological polar surface area (TPSA) is 29.5 Å². The highest BCUT2D eigenvalue weighted by molar-refractivity contribution is 5.74. The molecule has 0 amide bonds. The molecule has 0 aliphatic heterocycles. The van der Waals surface area contributed by atoms with E-state index >= 15 is 0 Å². The fraction of sp³-hybridized carbons (Fsp3) is 0.125. The zero-order valence-corrected chi connectivity index (χ0v) is 10.6. The summed E-state index contributed by atoms with van der Waals surface area (Å²) in [6.45, 7) is 1.99. The fourth-order valence-corrected chi connectivity index (χ4v) is 1.89. The Hall–Kier alpha value is -2.22. The predicted molar refractivity (Wildman–Crippen MR) is 74.8 cm³/mol. The first-order valence-corrected chi connectivity index (χ1v) is 5.84. The quantitative estimate of drug-likeness (QED) is 0.875. The van der Waals surface area contributed by atoms with Gasteiger partial charge in [0.25, 0.3) is 0 Å². The molecule has 2 aromatic carbocycles. The average molecular weight is 240 g/mol. The van der Waals surface area contributed by atoms with Gasteiger partial charge in [-0.05, 0) is 42.3 Å². The van der Waals surface area contributed by atoms with E-state index in [2.05, 4.69) is 6.07 Å². The number of methoxy groups -OCH3 is 1. The summed E-state index contributed by atoms with van der Waals surface area (Å²) < 4.78 is 5.38. The minimum atomic E-state index is 0.266. The number of benzene rings is 2. The maximum absolute atomic E-state index is 9.33. The minimum absolute atomic E-state index is 0.266. The molecule has 0 saturated carbocycles. The van der Waals surface area contributed by atoms with E-state index in [-0.39, 0.29) is 5.75 Å². The van der Waals surface area contributed by atoms with Crippen LogP contribution in [-0.4, -0.2) is 12.2 Å². The monoisotopic (exact) mass is 240 g/mol. The molecular formula is C16H16O2. The number of rotatable bonds is 3. The summed E-state index contributed by atoms with van der Waals surface area (Å²) in [6.07, 6.45) is 4.05. The van der Waals surface area contributed by atoms with Crippen molar-refractivity contribution in [2.75, 3.05) is 7.11 Å². The summed E-state index contributed by atoms with van der Waals surface area (Å²) in [5, 5.41) is 9.33. The van der Waals surface area contributed by atoms with Crippen molar-refractivity contribution in [3.63, 3.8) is 0 Å². The number of aromatic hydroxyl groups is 1. The van der Waals surface area contributed by atoms with Crippen molar-refractivity contribution in [3.05, 3.63) is 54.1 Å². The normalized spacial score (nSPS) is 10.8. The molecule has 0 spiro atoms. The van der Waals surface area contributed by atoms with Crippen molar-refractivity contribution in [1.29, 1.82) is 0 Å². The Kier molecular flexibility index (Phi) is 3.68. The van der Waals surface area contributed by atoms with Gasteiger partial charge >= 0.3 is 0 Å². The zero-order chi connectivity index (χ0) is 13.0. The first-order chi connectivity index (χ1) is 8.74. The SMILES string of the molecule is CC=Cc1ccc(OC)c(-c2ccc(O)cc2)c1. The molecule has 2 heteroatoms. The lowest BCUT2D eigenvalue weighted by molar-refractivity contribution is 0.416. The highest BCUT2D eigenvalue weighted by Crippen LogP contribution is 2.32. The summed E-state index contributed by atoms with van der Waals surface area (Å²) in [7, 11) is 1.66. The third-order valence-electron chi connectivity index (χ3n) is 2.76. The Morgan fingerprint density at radius 1 is 1.06 bits per heavy atom. The van der Waals surface area contributed by atoms with Crippen molar-refractivity contribution >= 4 is 6.08 Å². The lowest BCUT2D eigenvalue weighted by atomic mass is 10.0. The number of phenolic OH excluding ortho intramolecular Hbond substituents is 1. The highest BCUT2D eigenvalue weighted by atomic mass is 16.5. The molecule has 1 N–H and O–H groups in total. The van der Waals surface area contributed by atoms with E-state index in [9.17, 15) is 5.11 Å². The second-order valence-corrected chi connectivity index (χ2v) is 4.01. The van der Waals surface area contributed by atoms with Crippen LogP contribution in [0.2, 0.25) is 0 Å². The molecule has 2 rings (SSSR count). The van der Waals surface area contributed by atoms with Crippen molar-refractivity contribution < 1.29 is 9.84 Å². The molecule has 92 valence electrons. The van der Waals surface area contributed by atoms with Gasteiger partial charge in [-0.3, -0.25) is 0 Å². The van der Waals surface area contributed by atoms with Gasteiger partial charge in [0.05, 0.1) is 7.11 Å². The van der Waals surface area contributed by atoms with Crippen LogP contribution in [0.5, 0.6) is 11.5 Å². The van der Waals surface area contributed by atoms with Crippen LogP contribution >= 0.6 is 0 Å². The molecule has 2 nitrogen and oxygen atoms in total. The van der Waals surface area contributed by atoms with Crippen LogP contribution in [0.4, 0.5) is 0 Å². The van der Waals surface area contributed by atoms with Crippen LogP contribution in [0.15, 0.2) is 48.5 Å². The van der Waals surface area contributed by atoms with Crippen LogP contribution in [-0.2, 0) is 0 Å². The summed E-state index contributed by atoms with van der Waals surface area (Å²) in [5.41, 5.74) is 3.17. The maximum Gasteiger partial charge on any atom is 0.126 e. The molecule has 18 heavy (non-hydrogen) atoms. The largest absolute Gasteiger partial charge is 0.508 e. The minimum Gasteiger partial charge on any atom is -0.508 e. The molecule has 0 saturated heterocycles. The Labute approximate surface area is 107 Å². The number of phenols is 1. The molecule has 0 aliphatic carbocycles. The van der Waals surface area contributed by atoms with Gasteiger partial charge < -0.3 is 9.84 Å². The lowest BCUT2D eigenvalue weighted by Crippen LogP contribution is -1.88. The van der Waals surface area contributed by atoms with Crippen molar-refractivity contribution in [3.8, 4) is 22.6 Å². The van der Waals surface area contributed by atoms with Crippen LogP contribution in [0.3, 0.4) is 0 Å². The first kappa shape index (κ1) is 12.2. The smallest absolute Gasteiger partial charge is 0.126 e. The summed E-state index contributed by atoms with van der Waals surface area (Å²) >= 11 is 0. The molecule has 2 aromatic rings. The number of allylic oxidation sites excluding steroid dienone is 1. The Morgan fingerprint density at radius 2 is 1.78 bits per heavy atom. The van der Waals surface area contributed by atoms with Gasteiger partial charge in [-0.25, -0.2) is 0 Å². The molecular weight excluding hydrogens is 224 g/mol. The van der Waals surface area contributed by atoms with Gasteiger partial charge in [-0.15, -0.1) is 0 Å². The van der Waals surface area contributed by atoms with Crippen LogP contribution in [0.25, 0.3) is 17.2 Å². The van der Waals surface area contributed by atoms with E-state index < -0.39 is 0 Å². The second-order valence-electron chi connectivity index (χ2n) is 4.01. The van der Waals surface area contributed by atoms with Gasteiger partial charge in [0.15, 0.2) is 0 Å². The van der Waals surface area contributed by atoms with E-state index in [0.29, 0.717) is 0 Å². The Bertz CT molecular complexity index is 554. The number of hydrogen-bond donors (Lipinski definition) is 1. The standard InChI is InChI=1S/C16H16O2/c1-3-4-12-5-10-16(18-2)15(11-12)13-6-8-14(17)9-7-13/h3-11,17H,1-2H3. The van der Waals surface area contributed by atoms with Crippen LogP contribution in [0, 0.1) is 0 Å². The van der Waals surface area contributed by atoms with Crippen LogP contribution < -0.4 is 4.74 Å². The predicted octanol–water partition coefficient (Wildman–Crippen LogP) is 4.10. The molecule has 0 bridgehead atoms. The lowest BCUT2D eigenvalue weighted by Gasteiger charge is -2.10. The molecule has 0 aliphatic rings. The van der Waals surface area contributed by atoms with Gasteiger partial charge in [0, 0.05) is 5.56 Å². The molecule has 0 aromatic heterocycles. The molecule has 0 unspecified atom stereocenters. The van der Waals surface area contributed by atoms with Gasteiger partial charge in [-0.2, -0.15) is 0 Å².